The van der Waals surface area contributed by atoms with Crippen molar-refractivity contribution in [3.8, 4) is 0 Å². The van der Waals surface area contributed by atoms with E-state index in [9.17, 15) is 0 Å². The molecule has 4 nitrogen and oxygen atoms in total. The number of anilines is 1. The van der Waals surface area contributed by atoms with E-state index in [1.807, 2.05) is 6.20 Å². The van der Waals surface area contributed by atoms with E-state index >= 15 is 0 Å². The molecule has 1 aliphatic rings. The van der Waals surface area contributed by atoms with Gasteiger partial charge in [-0.2, -0.15) is 5.10 Å². The number of aryl methyl sites for hydroxylation is 1. The predicted molar refractivity (Wildman–Crippen MR) is 101 cm³/mol. The molecule has 0 radical (unpaired) electrons. The van der Waals surface area contributed by atoms with Crippen molar-refractivity contribution in [2.75, 3.05) is 24.2 Å². The van der Waals surface area contributed by atoms with Crippen LogP contribution in [-0.4, -0.2) is 34.5 Å². The first kappa shape index (κ1) is 15.5. The summed E-state index contributed by atoms with van der Waals surface area (Å²) in [4.78, 5) is 8.64. The molecule has 5 heteroatoms. The molecule has 24 heavy (non-hydrogen) atoms. The average Bonchev–Trinajstić information content (AvgIpc) is 3.16. The molecule has 2 aromatic heterocycles. The van der Waals surface area contributed by atoms with E-state index < -0.39 is 0 Å². The van der Waals surface area contributed by atoms with Gasteiger partial charge in [0, 0.05) is 41.2 Å². The van der Waals surface area contributed by atoms with E-state index in [4.69, 9.17) is 4.98 Å². The van der Waals surface area contributed by atoms with Crippen molar-refractivity contribution in [1.82, 2.24) is 15.2 Å². The molecule has 0 spiro atoms. The molecule has 0 bridgehead atoms. The van der Waals surface area contributed by atoms with Crippen LogP contribution >= 0.6 is 11.8 Å². The average molecular weight is 338 g/mol. The first-order chi connectivity index (χ1) is 11.7. The fourth-order valence-electron chi connectivity index (χ4n) is 3.57. The Morgan fingerprint density at radius 3 is 2.71 bits per heavy atom. The van der Waals surface area contributed by atoms with Crippen LogP contribution in [0.1, 0.15) is 30.0 Å². The highest BCUT2D eigenvalue weighted by Crippen LogP contribution is 2.31. The summed E-state index contributed by atoms with van der Waals surface area (Å²) in [7, 11) is 0. The SMILES string of the molecule is CSc1ccc2c(C)cc(N3CCC(c4ccn[nH]4)CC3)nc2c1. The maximum Gasteiger partial charge on any atom is 0.129 e. The highest BCUT2D eigenvalue weighted by atomic mass is 32.2. The van der Waals surface area contributed by atoms with Gasteiger partial charge in [0.15, 0.2) is 0 Å². The summed E-state index contributed by atoms with van der Waals surface area (Å²) in [6.45, 7) is 4.28. The highest BCUT2D eigenvalue weighted by molar-refractivity contribution is 7.98. The van der Waals surface area contributed by atoms with E-state index in [2.05, 4.69) is 58.6 Å². The Bertz CT molecular complexity index is 836. The molecule has 0 aliphatic carbocycles. The topological polar surface area (TPSA) is 44.8 Å². The molecule has 3 aromatic rings. The summed E-state index contributed by atoms with van der Waals surface area (Å²) in [6, 6.07) is 10.9. The second kappa shape index (κ2) is 6.48. The third kappa shape index (κ3) is 2.88. The maximum absolute atomic E-state index is 4.95. The van der Waals surface area contributed by atoms with Gasteiger partial charge >= 0.3 is 0 Å². The van der Waals surface area contributed by atoms with E-state index in [1.54, 1.807) is 11.8 Å². The number of aromatic amines is 1. The zero-order chi connectivity index (χ0) is 16.5. The van der Waals surface area contributed by atoms with Crippen molar-refractivity contribution in [1.29, 1.82) is 0 Å². The zero-order valence-corrected chi connectivity index (χ0v) is 14.9. The number of nitrogens with one attached hydrogen (secondary N) is 1. The van der Waals surface area contributed by atoms with Crippen LogP contribution < -0.4 is 4.90 Å². The summed E-state index contributed by atoms with van der Waals surface area (Å²) in [5, 5.41) is 8.46. The van der Waals surface area contributed by atoms with E-state index in [1.165, 1.54) is 21.5 Å². The molecular formula is C19H22N4S. The normalized spacial score (nSPS) is 16.0. The Balaban J connectivity index is 1.58. The molecule has 4 rings (SSSR count). The first-order valence-electron chi connectivity index (χ1n) is 8.44. The standard InChI is InChI=1S/C19H22N4S/c1-13-11-19(21-18-12-15(24-2)3-4-16(13)18)23-9-6-14(7-10-23)17-5-8-20-22-17/h3-5,8,11-12,14H,6-7,9-10H2,1-2H3,(H,20,22). The number of hydrogen-bond donors (Lipinski definition) is 1. The predicted octanol–water partition coefficient (Wildman–Crippen LogP) is 4.37. The van der Waals surface area contributed by atoms with Crippen LogP contribution in [-0.2, 0) is 0 Å². The summed E-state index contributed by atoms with van der Waals surface area (Å²) >= 11 is 1.77. The van der Waals surface area contributed by atoms with Gasteiger partial charge in [-0.25, -0.2) is 4.98 Å². The molecule has 1 saturated heterocycles. The summed E-state index contributed by atoms with van der Waals surface area (Å²) in [5.74, 6) is 1.70. The van der Waals surface area contributed by atoms with Gasteiger partial charge in [0.1, 0.15) is 5.82 Å². The van der Waals surface area contributed by atoms with Gasteiger partial charge in [0.2, 0.25) is 0 Å². The minimum Gasteiger partial charge on any atom is -0.357 e. The van der Waals surface area contributed by atoms with Crippen molar-refractivity contribution < 1.29 is 0 Å². The van der Waals surface area contributed by atoms with Crippen LogP contribution in [0.2, 0.25) is 0 Å². The molecule has 124 valence electrons. The number of benzene rings is 1. The fourth-order valence-corrected chi connectivity index (χ4v) is 4.00. The molecule has 3 heterocycles. The lowest BCUT2D eigenvalue weighted by Crippen LogP contribution is -2.33. The molecular weight excluding hydrogens is 316 g/mol. The van der Waals surface area contributed by atoms with E-state index in [0.29, 0.717) is 5.92 Å². The number of pyridine rings is 1. The van der Waals surface area contributed by atoms with Gasteiger partial charge < -0.3 is 4.90 Å². The number of H-pyrrole nitrogens is 1. The van der Waals surface area contributed by atoms with Crippen molar-refractivity contribution in [3.05, 3.63) is 47.8 Å². The lowest BCUT2D eigenvalue weighted by molar-refractivity contribution is 0.493. The molecule has 0 atom stereocenters. The number of nitrogens with zero attached hydrogens (tertiary/aromatic N) is 3. The lowest BCUT2D eigenvalue weighted by Gasteiger charge is -2.32. The van der Waals surface area contributed by atoms with Gasteiger partial charge in [-0.1, -0.05) is 6.07 Å². The molecule has 1 fully saturated rings. The van der Waals surface area contributed by atoms with Gasteiger partial charge in [-0.3, -0.25) is 5.10 Å². The van der Waals surface area contributed by atoms with E-state index in [0.717, 1.165) is 37.3 Å². The summed E-state index contributed by atoms with van der Waals surface area (Å²) in [6.07, 6.45) is 6.25. The molecule has 0 amide bonds. The smallest absolute Gasteiger partial charge is 0.129 e. The lowest BCUT2D eigenvalue weighted by atomic mass is 9.93. The Morgan fingerprint density at radius 1 is 1.17 bits per heavy atom. The second-order valence-corrected chi connectivity index (χ2v) is 7.33. The van der Waals surface area contributed by atoms with Crippen LogP contribution in [0.15, 0.2) is 41.4 Å². The number of piperidine rings is 1. The van der Waals surface area contributed by atoms with Gasteiger partial charge in [-0.15, -0.1) is 11.8 Å². The minimum absolute atomic E-state index is 0.591. The van der Waals surface area contributed by atoms with Gasteiger partial charge in [-0.05, 0) is 55.9 Å². The Hall–Kier alpha value is -2.01. The molecule has 0 saturated carbocycles. The van der Waals surface area contributed by atoms with E-state index in [-0.39, 0.29) is 0 Å². The van der Waals surface area contributed by atoms with Crippen LogP contribution in [0.5, 0.6) is 0 Å². The fraction of sp³-hybridized carbons (Fsp3) is 0.368. The number of fused-ring (bicyclic) bond motifs is 1. The Labute approximate surface area is 146 Å². The maximum atomic E-state index is 4.95. The Kier molecular flexibility index (Phi) is 4.19. The summed E-state index contributed by atoms with van der Waals surface area (Å²) in [5.41, 5.74) is 3.67. The number of rotatable bonds is 3. The third-order valence-corrected chi connectivity index (χ3v) is 5.72. The van der Waals surface area contributed by atoms with Gasteiger partial charge in [0.25, 0.3) is 0 Å². The van der Waals surface area contributed by atoms with Crippen LogP contribution in [0.3, 0.4) is 0 Å². The molecule has 0 unspecified atom stereocenters. The number of aromatic nitrogens is 3. The van der Waals surface area contributed by atoms with Crippen molar-refractivity contribution in [2.45, 2.75) is 30.6 Å². The summed E-state index contributed by atoms with van der Waals surface area (Å²) < 4.78 is 0. The quantitative estimate of drug-likeness (QED) is 0.720. The largest absolute Gasteiger partial charge is 0.357 e. The Morgan fingerprint density at radius 2 is 2.00 bits per heavy atom. The van der Waals surface area contributed by atoms with Crippen molar-refractivity contribution in [3.63, 3.8) is 0 Å². The van der Waals surface area contributed by atoms with Gasteiger partial charge in [0.05, 0.1) is 5.52 Å². The second-order valence-electron chi connectivity index (χ2n) is 6.45. The van der Waals surface area contributed by atoms with Crippen molar-refractivity contribution in [2.24, 2.45) is 0 Å². The number of hydrogen-bond acceptors (Lipinski definition) is 4. The number of thioether (sulfide) groups is 1. The molecule has 1 aromatic carbocycles. The van der Waals surface area contributed by atoms with Crippen molar-refractivity contribution >= 4 is 28.5 Å². The molecule has 1 N–H and O–H groups in total. The van der Waals surface area contributed by atoms with Crippen LogP contribution in [0.4, 0.5) is 5.82 Å². The van der Waals surface area contributed by atoms with Crippen LogP contribution in [0.25, 0.3) is 10.9 Å². The first-order valence-corrected chi connectivity index (χ1v) is 9.66. The minimum atomic E-state index is 0.591. The van der Waals surface area contributed by atoms with Crippen LogP contribution in [0, 0.1) is 6.92 Å². The highest BCUT2D eigenvalue weighted by Gasteiger charge is 2.22. The molecule has 1 aliphatic heterocycles. The zero-order valence-electron chi connectivity index (χ0n) is 14.1. The third-order valence-electron chi connectivity index (χ3n) is 4.99. The monoisotopic (exact) mass is 338 g/mol.